The Bertz CT molecular complexity index is 1160. The normalized spacial score (nSPS) is 12.4. The lowest BCUT2D eigenvalue weighted by Crippen LogP contribution is -2.30. The van der Waals surface area contributed by atoms with Crippen molar-refractivity contribution in [2.75, 3.05) is 16.8 Å². The van der Waals surface area contributed by atoms with Crippen LogP contribution in [0.25, 0.3) is 0 Å². The SMILES string of the molecule is O=C(Cc1ccccc1)NCCC(=O)Nc1cccc(N2C(=O)c3ccccc3C2=O)c1. The van der Waals surface area contributed by atoms with E-state index in [2.05, 4.69) is 10.6 Å². The van der Waals surface area contributed by atoms with E-state index in [1.807, 2.05) is 30.3 Å². The summed E-state index contributed by atoms with van der Waals surface area (Å²) < 4.78 is 0. The molecule has 1 heterocycles. The van der Waals surface area contributed by atoms with Crippen molar-refractivity contribution in [3.63, 3.8) is 0 Å². The van der Waals surface area contributed by atoms with Crippen molar-refractivity contribution in [3.05, 3.63) is 95.6 Å². The molecule has 0 spiro atoms. The minimum absolute atomic E-state index is 0.0950. The van der Waals surface area contributed by atoms with Crippen LogP contribution < -0.4 is 15.5 Å². The lowest BCUT2D eigenvalue weighted by Gasteiger charge is -2.15. The van der Waals surface area contributed by atoms with Crippen LogP contribution in [0.3, 0.4) is 0 Å². The van der Waals surface area contributed by atoms with Crippen molar-refractivity contribution in [1.29, 1.82) is 0 Å². The number of anilines is 2. The molecule has 1 aliphatic rings. The predicted octanol–water partition coefficient (Wildman–Crippen LogP) is 3.17. The number of hydrogen-bond acceptors (Lipinski definition) is 4. The van der Waals surface area contributed by atoms with Gasteiger partial charge in [-0.05, 0) is 35.9 Å². The van der Waals surface area contributed by atoms with Crippen molar-refractivity contribution in [2.24, 2.45) is 0 Å². The number of fused-ring (bicyclic) bond motifs is 1. The molecule has 0 aliphatic carbocycles. The van der Waals surface area contributed by atoms with Gasteiger partial charge in [-0.2, -0.15) is 0 Å². The quantitative estimate of drug-likeness (QED) is 0.566. The number of rotatable bonds is 7. The van der Waals surface area contributed by atoms with Crippen molar-refractivity contribution in [3.8, 4) is 0 Å². The highest BCUT2D eigenvalue weighted by atomic mass is 16.2. The van der Waals surface area contributed by atoms with Gasteiger partial charge < -0.3 is 10.6 Å². The molecule has 0 bridgehead atoms. The van der Waals surface area contributed by atoms with Gasteiger partial charge in [0.1, 0.15) is 0 Å². The van der Waals surface area contributed by atoms with Crippen molar-refractivity contribution < 1.29 is 19.2 Å². The number of imide groups is 1. The third-order valence-electron chi connectivity index (χ3n) is 5.06. The van der Waals surface area contributed by atoms with Crippen LogP contribution in [0.4, 0.5) is 11.4 Å². The average Bonchev–Trinajstić information content (AvgIpc) is 3.05. The van der Waals surface area contributed by atoms with E-state index in [0.717, 1.165) is 10.5 Å². The molecule has 0 atom stereocenters. The molecule has 4 amide bonds. The molecule has 32 heavy (non-hydrogen) atoms. The van der Waals surface area contributed by atoms with Gasteiger partial charge in [-0.3, -0.25) is 19.2 Å². The molecule has 0 saturated heterocycles. The maximum absolute atomic E-state index is 12.7. The molecule has 2 N–H and O–H groups in total. The van der Waals surface area contributed by atoms with Gasteiger partial charge in [-0.25, -0.2) is 4.90 Å². The minimum atomic E-state index is -0.393. The Balaban J connectivity index is 1.32. The average molecular weight is 427 g/mol. The molecule has 0 aromatic heterocycles. The van der Waals surface area contributed by atoms with Crippen LogP contribution in [0.5, 0.6) is 0 Å². The summed E-state index contributed by atoms with van der Waals surface area (Å²) >= 11 is 0. The van der Waals surface area contributed by atoms with Gasteiger partial charge in [-0.15, -0.1) is 0 Å². The zero-order chi connectivity index (χ0) is 22.5. The second-order valence-corrected chi connectivity index (χ2v) is 7.35. The third-order valence-corrected chi connectivity index (χ3v) is 5.06. The molecule has 3 aromatic rings. The predicted molar refractivity (Wildman–Crippen MR) is 120 cm³/mol. The molecule has 7 heteroatoms. The van der Waals surface area contributed by atoms with Gasteiger partial charge >= 0.3 is 0 Å². The molecule has 4 rings (SSSR count). The van der Waals surface area contributed by atoms with Crippen molar-refractivity contribution in [2.45, 2.75) is 12.8 Å². The molecule has 0 fully saturated rings. The van der Waals surface area contributed by atoms with Gasteiger partial charge in [0, 0.05) is 18.7 Å². The lowest BCUT2D eigenvalue weighted by atomic mass is 10.1. The van der Waals surface area contributed by atoms with Gasteiger partial charge in [0.15, 0.2) is 0 Å². The number of amides is 4. The Morgan fingerprint density at radius 2 is 1.41 bits per heavy atom. The number of hydrogen-bond donors (Lipinski definition) is 2. The van der Waals surface area contributed by atoms with E-state index >= 15 is 0 Å². The van der Waals surface area contributed by atoms with Gasteiger partial charge in [0.2, 0.25) is 11.8 Å². The summed E-state index contributed by atoms with van der Waals surface area (Å²) in [5.74, 6) is -1.23. The van der Waals surface area contributed by atoms with Crippen LogP contribution >= 0.6 is 0 Å². The van der Waals surface area contributed by atoms with Gasteiger partial charge in [0.05, 0.1) is 23.2 Å². The fourth-order valence-electron chi connectivity index (χ4n) is 3.53. The summed E-state index contributed by atoms with van der Waals surface area (Å²) in [6, 6.07) is 22.6. The summed E-state index contributed by atoms with van der Waals surface area (Å²) in [6.07, 6.45) is 0.350. The Morgan fingerprint density at radius 3 is 2.09 bits per heavy atom. The van der Waals surface area contributed by atoms with Gasteiger partial charge in [-0.1, -0.05) is 48.5 Å². The number of carbonyl (C=O) groups is 4. The van der Waals surface area contributed by atoms with E-state index in [-0.39, 0.29) is 31.2 Å². The number of carbonyl (C=O) groups excluding carboxylic acids is 4. The molecule has 0 unspecified atom stereocenters. The van der Waals surface area contributed by atoms with E-state index < -0.39 is 11.8 Å². The molecular formula is C25H21N3O4. The standard InChI is InChI=1S/C25H21N3O4/c29-22(13-14-26-23(30)15-17-7-2-1-3-8-17)27-18-9-6-10-19(16-18)28-24(31)20-11-4-5-12-21(20)25(28)32/h1-12,16H,13-15H2,(H,26,30)(H,27,29). The fraction of sp³-hybridized carbons (Fsp3) is 0.120. The highest BCUT2D eigenvalue weighted by Crippen LogP contribution is 2.29. The van der Waals surface area contributed by atoms with Gasteiger partial charge in [0.25, 0.3) is 11.8 Å². The van der Waals surface area contributed by atoms with E-state index in [0.29, 0.717) is 22.5 Å². The monoisotopic (exact) mass is 427 g/mol. The second-order valence-electron chi connectivity index (χ2n) is 7.35. The maximum Gasteiger partial charge on any atom is 0.266 e. The highest BCUT2D eigenvalue weighted by Gasteiger charge is 2.36. The molecule has 3 aromatic carbocycles. The molecule has 7 nitrogen and oxygen atoms in total. The summed E-state index contributed by atoms with van der Waals surface area (Å²) in [6.45, 7) is 0.204. The first-order valence-electron chi connectivity index (χ1n) is 10.2. The molecular weight excluding hydrogens is 406 g/mol. The molecule has 160 valence electrons. The Morgan fingerprint density at radius 1 is 0.750 bits per heavy atom. The van der Waals surface area contributed by atoms with Crippen molar-refractivity contribution in [1.82, 2.24) is 5.32 Å². The summed E-state index contributed by atoms with van der Waals surface area (Å²) in [5.41, 5.74) is 2.46. The number of nitrogens with one attached hydrogen (secondary N) is 2. The smallest absolute Gasteiger partial charge is 0.266 e. The Labute approximate surface area is 185 Å². The van der Waals surface area contributed by atoms with Crippen LogP contribution in [0.15, 0.2) is 78.9 Å². The van der Waals surface area contributed by atoms with E-state index in [1.54, 1.807) is 48.5 Å². The van der Waals surface area contributed by atoms with E-state index in [4.69, 9.17) is 0 Å². The van der Waals surface area contributed by atoms with Crippen molar-refractivity contribution >= 4 is 35.0 Å². The molecule has 0 radical (unpaired) electrons. The first-order chi connectivity index (χ1) is 15.5. The Hall–Kier alpha value is -4.26. The van der Waals surface area contributed by atoms with Crippen LogP contribution in [0, 0.1) is 0 Å². The van der Waals surface area contributed by atoms with Crippen LogP contribution in [-0.4, -0.2) is 30.2 Å². The minimum Gasteiger partial charge on any atom is -0.355 e. The van der Waals surface area contributed by atoms with Crippen LogP contribution in [0.2, 0.25) is 0 Å². The molecule has 0 saturated carbocycles. The summed E-state index contributed by atoms with van der Waals surface area (Å²) in [5, 5.41) is 5.47. The Kier molecular flexibility index (Phi) is 6.07. The van der Waals surface area contributed by atoms with E-state index in [1.165, 1.54) is 0 Å². The van der Waals surface area contributed by atoms with Crippen LogP contribution in [0.1, 0.15) is 32.7 Å². The van der Waals surface area contributed by atoms with Crippen LogP contribution in [-0.2, 0) is 16.0 Å². The largest absolute Gasteiger partial charge is 0.355 e. The number of benzene rings is 3. The topological polar surface area (TPSA) is 95.6 Å². The summed E-state index contributed by atoms with van der Waals surface area (Å²) in [4.78, 5) is 50.7. The number of nitrogens with zero attached hydrogens (tertiary/aromatic N) is 1. The zero-order valence-corrected chi connectivity index (χ0v) is 17.2. The fourth-order valence-corrected chi connectivity index (χ4v) is 3.53. The maximum atomic E-state index is 12.7. The summed E-state index contributed by atoms with van der Waals surface area (Å²) in [7, 11) is 0. The second kappa shape index (κ2) is 9.26. The first-order valence-corrected chi connectivity index (χ1v) is 10.2. The third kappa shape index (κ3) is 4.57. The first kappa shape index (κ1) is 21.0. The zero-order valence-electron chi connectivity index (χ0n) is 17.2. The molecule has 1 aliphatic heterocycles. The van der Waals surface area contributed by atoms with E-state index in [9.17, 15) is 19.2 Å². The lowest BCUT2D eigenvalue weighted by molar-refractivity contribution is -0.120. The highest BCUT2D eigenvalue weighted by molar-refractivity contribution is 6.34.